The van der Waals surface area contributed by atoms with Crippen LogP contribution in [-0.2, 0) is 9.53 Å². The summed E-state index contributed by atoms with van der Waals surface area (Å²) in [6.45, 7) is 2.76. The molecule has 4 heteroatoms. The van der Waals surface area contributed by atoms with Crippen molar-refractivity contribution in [2.24, 2.45) is 0 Å². The Labute approximate surface area is 115 Å². The van der Waals surface area contributed by atoms with Crippen molar-refractivity contribution in [3.8, 4) is 0 Å². The number of unbranched alkanes of at least 4 members (excludes halogenated alkanes) is 5. The normalized spacial score (nSPS) is 9.29. The van der Waals surface area contributed by atoms with E-state index in [9.17, 15) is 4.79 Å². The molecule has 0 aromatic rings. The Balaban J connectivity index is 0. The maximum absolute atomic E-state index is 10.6. The van der Waals surface area contributed by atoms with Crippen molar-refractivity contribution in [2.75, 3.05) is 12.4 Å². The third-order valence-electron chi connectivity index (χ3n) is 1.89. The van der Waals surface area contributed by atoms with Crippen LogP contribution in [0.3, 0.4) is 0 Å². The van der Waals surface area contributed by atoms with E-state index in [2.05, 4.69) is 19.6 Å². The van der Waals surface area contributed by atoms with Crippen LogP contribution in [0.15, 0.2) is 0 Å². The molecule has 0 aromatic carbocycles. The fraction of sp³-hybridized carbons (Fsp3) is 0.900. The van der Waals surface area contributed by atoms with E-state index in [-0.39, 0.29) is 41.3 Å². The van der Waals surface area contributed by atoms with E-state index in [4.69, 9.17) is 4.74 Å². The minimum atomic E-state index is -0.211. The SMILES string of the molecule is CCCCCCCCOC(=O)CS.[Na+]. The average Bonchev–Trinajstić information content (AvgIpc) is 2.16. The van der Waals surface area contributed by atoms with Gasteiger partial charge in [0, 0.05) is 0 Å². The zero-order chi connectivity index (χ0) is 9.94. The van der Waals surface area contributed by atoms with E-state index in [0.29, 0.717) is 6.61 Å². The molecule has 0 bridgehead atoms. The van der Waals surface area contributed by atoms with Crippen LogP contribution in [0.1, 0.15) is 45.4 Å². The molecule has 2 nitrogen and oxygen atoms in total. The van der Waals surface area contributed by atoms with E-state index in [1.165, 1.54) is 32.1 Å². The van der Waals surface area contributed by atoms with Crippen molar-refractivity contribution < 1.29 is 39.1 Å². The molecule has 0 spiro atoms. The molecule has 0 aliphatic heterocycles. The van der Waals surface area contributed by atoms with Gasteiger partial charge in [-0.25, -0.2) is 0 Å². The number of carbonyl (C=O) groups excluding carboxylic acids is 1. The predicted octanol–water partition coefficient (Wildman–Crippen LogP) is -0.176. The van der Waals surface area contributed by atoms with Crippen molar-refractivity contribution in [1.82, 2.24) is 0 Å². The fourth-order valence-electron chi connectivity index (χ4n) is 1.11. The van der Waals surface area contributed by atoms with Crippen LogP contribution in [0.25, 0.3) is 0 Å². The van der Waals surface area contributed by atoms with Crippen LogP contribution in [0.5, 0.6) is 0 Å². The summed E-state index contributed by atoms with van der Waals surface area (Å²) in [6, 6.07) is 0. The Bertz CT molecular complexity index is 131. The standard InChI is InChI=1S/C10H20O2S.Na/c1-2-3-4-5-6-7-8-12-10(11)9-13;/h13H,2-9H2,1H3;/q;+1. The van der Waals surface area contributed by atoms with Gasteiger partial charge < -0.3 is 4.74 Å². The summed E-state index contributed by atoms with van der Waals surface area (Å²) in [4.78, 5) is 10.6. The summed E-state index contributed by atoms with van der Waals surface area (Å²) in [5.41, 5.74) is 0. The first-order valence-corrected chi connectivity index (χ1v) is 5.71. The predicted molar refractivity (Wildman–Crippen MR) is 58.2 cm³/mol. The van der Waals surface area contributed by atoms with Crippen molar-refractivity contribution in [1.29, 1.82) is 0 Å². The van der Waals surface area contributed by atoms with Crippen molar-refractivity contribution in [3.05, 3.63) is 0 Å². The molecular formula is C10H20NaO2S+. The molecule has 0 atom stereocenters. The molecule has 78 valence electrons. The largest absolute Gasteiger partial charge is 1.00 e. The van der Waals surface area contributed by atoms with E-state index in [1.807, 2.05) is 0 Å². The number of hydrogen-bond acceptors (Lipinski definition) is 3. The number of esters is 1. The van der Waals surface area contributed by atoms with Gasteiger partial charge in [0.1, 0.15) is 0 Å². The average molecular weight is 227 g/mol. The van der Waals surface area contributed by atoms with Gasteiger partial charge in [0.25, 0.3) is 0 Å². The number of ether oxygens (including phenoxy) is 1. The second-order valence-corrected chi connectivity index (χ2v) is 3.46. The van der Waals surface area contributed by atoms with Crippen LogP contribution < -0.4 is 29.6 Å². The van der Waals surface area contributed by atoms with Gasteiger partial charge >= 0.3 is 35.5 Å². The van der Waals surface area contributed by atoms with Gasteiger partial charge in [-0.3, -0.25) is 4.79 Å². The second kappa shape index (κ2) is 13.8. The summed E-state index contributed by atoms with van der Waals surface area (Å²) in [5.74, 6) is -0.0209. The van der Waals surface area contributed by atoms with Crippen LogP contribution >= 0.6 is 12.6 Å². The smallest absolute Gasteiger partial charge is 0.465 e. The van der Waals surface area contributed by atoms with E-state index in [1.54, 1.807) is 0 Å². The first kappa shape index (κ1) is 17.2. The minimum absolute atomic E-state index is 0. The first-order chi connectivity index (χ1) is 6.31. The van der Waals surface area contributed by atoms with E-state index in [0.717, 1.165) is 6.42 Å². The molecule has 0 saturated carbocycles. The number of hydrogen-bond donors (Lipinski definition) is 1. The summed E-state index contributed by atoms with van der Waals surface area (Å²) in [6.07, 6.45) is 7.30. The first-order valence-electron chi connectivity index (χ1n) is 5.07. The van der Waals surface area contributed by atoms with Crippen LogP contribution in [0, 0.1) is 0 Å². The van der Waals surface area contributed by atoms with Gasteiger partial charge in [-0.1, -0.05) is 39.0 Å². The molecule has 0 heterocycles. The third kappa shape index (κ3) is 12.8. The van der Waals surface area contributed by atoms with Crippen molar-refractivity contribution >= 4 is 18.6 Å². The topological polar surface area (TPSA) is 26.3 Å². The molecule has 0 amide bonds. The van der Waals surface area contributed by atoms with Gasteiger partial charge in [0.2, 0.25) is 0 Å². The monoisotopic (exact) mass is 227 g/mol. The Morgan fingerprint density at radius 3 is 2.29 bits per heavy atom. The van der Waals surface area contributed by atoms with Crippen molar-refractivity contribution in [2.45, 2.75) is 45.4 Å². The molecule has 0 unspecified atom stereocenters. The number of carbonyl (C=O) groups is 1. The van der Waals surface area contributed by atoms with E-state index < -0.39 is 0 Å². The number of thiol groups is 1. The van der Waals surface area contributed by atoms with E-state index >= 15 is 0 Å². The Kier molecular flexibility index (Phi) is 17.0. The zero-order valence-corrected chi connectivity index (χ0v) is 12.3. The number of rotatable bonds is 8. The summed E-state index contributed by atoms with van der Waals surface area (Å²) in [7, 11) is 0. The Hall–Kier alpha value is 0.820. The molecule has 0 aromatic heterocycles. The van der Waals surface area contributed by atoms with Crippen LogP contribution in [0.2, 0.25) is 0 Å². The molecule has 0 aliphatic carbocycles. The van der Waals surface area contributed by atoms with Crippen LogP contribution in [0.4, 0.5) is 0 Å². The molecule has 0 saturated heterocycles. The fourth-order valence-corrected chi connectivity index (χ4v) is 1.21. The maximum Gasteiger partial charge on any atom is 1.00 e. The quantitative estimate of drug-likeness (QED) is 0.269. The second-order valence-electron chi connectivity index (χ2n) is 3.15. The Morgan fingerprint density at radius 1 is 1.14 bits per heavy atom. The molecule has 0 rings (SSSR count). The summed E-state index contributed by atoms with van der Waals surface area (Å²) < 4.78 is 4.88. The van der Waals surface area contributed by atoms with Gasteiger partial charge in [-0.05, 0) is 6.42 Å². The summed E-state index contributed by atoms with van der Waals surface area (Å²) in [5, 5.41) is 0. The van der Waals surface area contributed by atoms with Gasteiger partial charge in [0.15, 0.2) is 0 Å². The Morgan fingerprint density at radius 2 is 1.71 bits per heavy atom. The molecular weight excluding hydrogens is 207 g/mol. The third-order valence-corrected chi connectivity index (χ3v) is 2.15. The van der Waals surface area contributed by atoms with Gasteiger partial charge in [-0.2, -0.15) is 12.6 Å². The van der Waals surface area contributed by atoms with Gasteiger partial charge in [-0.15, -0.1) is 0 Å². The van der Waals surface area contributed by atoms with Crippen LogP contribution in [-0.4, -0.2) is 18.3 Å². The molecule has 14 heavy (non-hydrogen) atoms. The molecule has 0 fully saturated rings. The summed E-state index contributed by atoms with van der Waals surface area (Å²) >= 11 is 3.81. The zero-order valence-electron chi connectivity index (χ0n) is 9.42. The van der Waals surface area contributed by atoms with Crippen molar-refractivity contribution in [3.63, 3.8) is 0 Å². The molecule has 0 N–H and O–H groups in total. The minimum Gasteiger partial charge on any atom is -0.465 e. The van der Waals surface area contributed by atoms with Gasteiger partial charge in [0.05, 0.1) is 12.4 Å². The molecule has 0 aliphatic rings. The molecule has 0 radical (unpaired) electrons. The maximum atomic E-state index is 10.6.